The fourth-order valence-electron chi connectivity index (χ4n) is 1.79. The van der Waals surface area contributed by atoms with Gasteiger partial charge in [-0.2, -0.15) is 0 Å². The molecule has 0 heterocycles. The van der Waals surface area contributed by atoms with Crippen LogP contribution in [0.15, 0.2) is 59.6 Å². The quantitative estimate of drug-likeness (QED) is 0.648. The monoisotopic (exact) mass is 269 g/mol. The predicted octanol–water partition coefficient (Wildman–Crippen LogP) is 3.01. The predicted molar refractivity (Wildman–Crippen MR) is 83.0 cm³/mol. The lowest BCUT2D eigenvalue weighted by Gasteiger charge is -2.06. The Labute approximate surface area is 119 Å². The average molecular weight is 269 g/mol. The molecule has 0 aliphatic carbocycles. The number of ether oxygens (including phenoxy) is 1. The molecular formula is C16H19N3O. The van der Waals surface area contributed by atoms with Gasteiger partial charge in [-0.3, -0.25) is 0 Å². The van der Waals surface area contributed by atoms with Crippen molar-refractivity contribution >= 4 is 11.6 Å². The number of nitrogens with zero attached hydrogens (tertiary/aromatic N) is 1. The second-order valence-corrected chi connectivity index (χ2v) is 4.27. The van der Waals surface area contributed by atoms with Crippen LogP contribution in [0.4, 0.5) is 5.69 Å². The van der Waals surface area contributed by atoms with Crippen LogP contribution >= 0.6 is 0 Å². The molecule has 0 amide bonds. The number of aliphatic imine (C=N–C) groups is 1. The van der Waals surface area contributed by atoms with Gasteiger partial charge in [-0.05, 0) is 36.8 Å². The summed E-state index contributed by atoms with van der Waals surface area (Å²) in [7, 11) is 0. The maximum atomic E-state index is 5.86. The third kappa shape index (κ3) is 4.31. The van der Waals surface area contributed by atoms with Crippen LogP contribution in [-0.4, -0.2) is 12.6 Å². The van der Waals surface area contributed by atoms with Crippen molar-refractivity contribution in [3.05, 3.63) is 60.2 Å². The highest BCUT2D eigenvalue weighted by atomic mass is 16.5. The summed E-state index contributed by atoms with van der Waals surface area (Å²) in [5, 5.41) is 3.05. The van der Waals surface area contributed by atoms with Gasteiger partial charge in [0.05, 0.1) is 13.2 Å². The van der Waals surface area contributed by atoms with E-state index in [9.17, 15) is 0 Å². The molecule has 2 aromatic carbocycles. The normalized spacial score (nSPS) is 11.2. The molecule has 0 aromatic heterocycles. The summed E-state index contributed by atoms with van der Waals surface area (Å²) in [4.78, 5) is 4.32. The number of nitrogens with one attached hydrogen (secondary N) is 1. The molecule has 0 radical (unpaired) electrons. The fraction of sp³-hybridized carbons (Fsp3) is 0.188. The maximum absolute atomic E-state index is 5.86. The van der Waals surface area contributed by atoms with Gasteiger partial charge in [-0.25, -0.2) is 4.99 Å². The molecule has 0 aliphatic heterocycles. The molecule has 20 heavy (non-hydrogen) atoms. The Morgan fingerprint density at radius 2 is 1.95 bits per heavy atom. The number of guanidine groups is 1. The van der Waals surface area contributed by atoms with Crippen molar-refractivity contribution in [2.24, 2.45) is 10.7 Å². The molecule has 104 valence electrons. The van der Waals surface area contributed by atoms with Crippen molar-refractivity contribution in [3.8, 4) is 5.75 Å². The Hall–Kier alpha value is -2.49. The van der Waals surface area contributed by atoms with E-state index in [0.29, 0.717) is 19.1 Å². The smallest absolute Gasteiger partial charge is 0.193 e. The highest BCUT2D eigenvalue weighted by Gasteiger charge is 1.97. The van der Waals surface area contributed by atoms with Crippen LogP contribution in [0.5, 0.6) is 5.75 Å². The lowest BCUT2D eigenvalue weighted by atomic mass is 10.2. The molecular weight excluding hydrogens is 250 g/mol. The van der Waals surface area contributed by atoms with Gasteiger partial charge in [0.25, 0.3) is 0 Å². The molecule has 4 heteroatoms. The Balaban J connectivity index is 1.96. The van der Waals surface area contributed by atoms with Crippen LogP contribution in [0, 0.1) is 0 Å². The van der Waals surface area contributed by atoms with Crippen LogP contribution in [0.1, 0.15) is 12.5 Å². The highest BCUT2D eigenvalue weighted by molar-refractivity contribution is 5.92. The third-order valence-electron chi connectivity index (χ3n) is 2.69. The first kappa shape index (κ1) is 13.9. The van der Waals surface area contributed by atoms with E-state index in [1.807, 2.05) is 61.5 Å². The summed E-state index contributed by atoms with van der Waals surface area (Å²) in [6, 6.07) is 17.6. The summed E-state index contributed by atoms with van der Waals surface area (Å²) in [6.07, 6.45) is 0. The van der Waals surface area contributed by atoms with Gasteiger partial charge in [0, 0.05) is 5.69 Å². The number of hydrogen-bond donors (Lipinski definition) is 2. The van der Waals surface area contributed by atoms with Crippen LogP contribution in [0.2, 0.25) is 0 Å². The largest absolute Gasteiger partial charge is 0.494 e. The van der Waals surface area contributed by atoms with E-state index in [-0.39, 0.29) is 0 Å². The van der Waals surface area contributed by atoms with Crippen molar-refractivity contribution in [1.29, 1.82) is 0 Å². The summed E-state index contributed by atoms with van der Waals surface area (Å²) < 4.78 is 5.45. The van der Waals surface area contributed by atoms with Gasteiger partial charge < -0.3 is 15.8 Å². The minimum absolute atomic E-state index is 0.401. The molecule has 0 spiro atoms. The van der Waals surface area contributed by atoms with E-state index in [2.05, 4.69) is 10.3 Å². The number of benzene rings is 2. The van der Waals surface area contributed by atoms with Crippen LogP contribution in [0.25, 0.3) is 0 Å². The number of anilines is 1. The molecule has 3 N–H and O–H groups in total. The van der Waals surface area contributed by atoms with E-state index in [1.165, 1.54) is 0 Å². The third-order valence-corrected chi connectivity index (χ3v) is 2.69. The summed E-state index contributed by atoms with van der Waals surface area (Å²) in [6.45, 7) is 3.14. The SMILES string of the molecule is CCOc1cccc(CN=C(N)Nc2ccccc2)c1. The zero-order chi connectivity index (χ0) is 14.2. The summed E-state index contributed by atoms with van der Waals surface area (Å²) >= 11 is 0. The van der Waals surface area contributed by atoms with E-state index in [1.54, 1.807) is 0 Å². The Bertz CT molecular complexity index is 567. The van der Waals surface area contributed by atoms with Crippen molar-refractivity contribution in [1.82, 2.24) is 0 Å². The first-order chi connectivity index (χ1) is 9.78. The molecule has 0 bridgehead atoms. The van der Waals surface area contributed by atoms with E-state index < -0.39 is 0 Å². The summed E-state index contributed by atoms with van der Waals surface area (Å²) in [5.41, 5.74) is 7.85. The van der Waals surface area contributed by atoms with E-state index in [0.717, 1.165) is 17.0 Å². The lowest BCUT2D eigenvalue weighted by molar-refractivity contribution is 0.340. The van der Waals surface area contributed by atoms with Gasteiger partial charge >= 0.3 is 0 Å². The van der Waals surface area contributed by atoms with Crippen LogP contribution in [-0.2, 0) is 6.54 Å². The Morgan fingerprint density at radius 3 is 2.70 bits per heavy atom. The zero-order valence-corrected chi connectivity index (χ0v) is 11.5. The molecule has 0 fully saturated rings. The molecule has 0 unspecified atom stereocenters. The van der Waals surface area contributed by atoms with Gasteiger partial charge in [0.2, 0.25) is 0 Å². The first-order valence-corrected chi connectivity index (χ1v) is 6.61. The van der Waals surface area contributed by atoms with Crippen molar-refractivity contribution in [2.75, 3.05) is 11.9 Å². The Kier molecular flexibility index (Phi) is 5.00. The number of para-hydroxylation sites is 1. The van der Waals surface area contributed by atoms with Gasteiger partial charge in [0.1, 0.15) is 5.75 Å². The topological polar surface area (TPSA) is 59.6 Å². The molecule has 0 aliphatic rings. The van der Waals surface area contributed by atoms with Crippen molar-refractivity contribution < 1.29 is 4.74 Å². The van der Waals surface area contributed by atoms with Crippen LogP contribution < -0.4 is 15.8 Å². The first-order valence-electron chi connectivity index (χ1n) is 6.61. The Morgan fingerprint density at radius 1 is 1.15 bits per heavy atom. The second-order valence-electron chi connectivity index (χ2n) is 4.27. The van der Waals surface area contributed by atoms with Crippen molar-refractivity contribution in [2.45, 2.75) is 13.5 Å². The minimum atomic E-state index is 0.401. The fourth-order valence-corrected chi connectivity index (χ4v) is 1.79. The second kappa shape index (κ2) is 7.19. The minimum Gasteiger partial charge on any atom is -0.494 e. The average Bonchev–Trinajstić information content (AvgIpc) is 2.47. The maximum Gasteiger partial charge on any atom is 0.193 e. The molecule has 2 rings (SSSR count). The molecule has 4 nitrogen and oxygen atoms in total. The standard InChI is InChI=1S/C16H19N3O/c1-2-20-15-10-6-7-13(11-15)12-18-16(17)19-14-8-4-3-5-9-14/h3-11H,2,12H2,1H3,(H3,17,18,19). The lowest BCUT2D eigenvalue weighted by Crippen LogP contribution is -2.22. The summed E-state index contributed by atoms with van der Waals surface area (Å²) in [5.74, 6) is 1.26. The highest BCUT2D eigenvalue weighted by Crippen LogP contribution is 2.14. The number of nitrogens with two attached hydrogens (primary N) is 1. The molecule has 2 aromatic rings. The van der Waals surface area contributed by atoms with Gasteiger partial charge in [-0.15, -0.1) is 0 Å². The van der Waals surface area contributed by atoms with E-state index >= 15 is 0 Å². The number of rotatable bonds is 5. The zero-order valence-electron chi connectivity index (χ0n) is 11.5. The van der Waals surface area contributed by atoms with Crippen molar-refractivity contribution in [3.63, 3.8) is 0 Å². The molecule has 0 saturated carbocycles. The number of hydrogen-bond acceptors (Lipinski definition) is 2. The molecule has 0 atom stereocenters. The van der Waals surface area contributed by atoms with Gasteiger partial charge in [-0.1, -0.05) is 30.3 Å². The van der Waals surface area contributed by atoms with E-state index in [4.69, 9.17) is 10.5 Å². The molecule has 0 saturated heterocycles. The van der Waals surface area contributed by atoms with Gasteiger partial charge in [0.15, 0.2) is 5.96 Å². The van der Waals surface area contributed by atoms with Crippen LogP contribution in [0.3, 0.4) is 0 Å².